The molecule has 3 aromatic rings. The largest absolute Gasteiger partial charge is 0.374 e. The molecule has 0 spiro atoms. The van der Waals surface area contributed by atoms with Crippen LogP contribution in [0.15, 0.2) is 84.4 Å². The number of hydrogen-bond acceptors (Lipinski definition) is 3. The van der Waals surface area contributed by atoms with Gasteiger partial charge in [-0.15, -0.1) is 0 Å². The summed E-state index contributed by atoms with van der Waals surface area (Å²) in [4.78, 5) is 2.55. The van der Waals surface area contributed by atoms with Gasteiger partial charge in [-0.1, -0.05) is 78.4 Å². The molecule has 1 saturated heterocycles. The van der Waals surface area contributed by atoms with E-state index in [1.807, 2.05) is 7.11 Å². The fourth-order valence-electron chi connectivity index (χ4n) is 5.91. The molecular weight excluding hydrogens is 394 g/mol. The highest BCUT2D eigenvalue weighted by molar-refractivity contribution is 5.88. The summed E-state index contributed by atoms with van der Waals surface area (Å²) < 4.78 is 12.6. The SMILES string of the molecule is CO[C@@H]1C2=C(c3ccccc3N(Cc3ccccc3)[C@@H]1c1ccc(C)cc1)[C@H]1CCO[C@@H]21. The molecule has 32 heavy (non-hydrogen) atoms. The van der Waals surface area contributed by atoms with Crippen molar-refractivity contribution in [2.24, 2.45) is 5.92 Å². The summed E-state index contributed by atoms with van der Waals surface area (Å²) in [7, 11) is 1.86. The van der Waals surface area contributed by atoms with E-state index >= 15 is 0 Å². The van der Waals surface area contributed by atoms with E-state index in [9.17, 15) is 0 Å². The minimum atomic E-state index is -0.0526. The van der Waals surface area contributed by atoms with E-state index in [-0.39, 0.29) is 18.2 Å². The molecule has 3 heteroatoms. The Hall–Kier alpha value is -2.88. The lowest BCUT2D eigenvalue weighted by molar-refractivity contribution is 0.0505. The topological polar surface area (TPSA) is 21.7 Å². The minimum absolute atomic E-state index is 0.0526. The van der Waals surface area contributed by atoms with Crippen LogP contribution < -0.4 is 4.90 Å². The number of methoxy groups -OCH3 is 1. The van der Waals surface area contributed by atoms with Gasteiger partial charge in [-0.05, 0) is 41.7 Å². The highest BCUT2D eigenvalue weighted by Crippen LogP contribution is 2.57. The zero-order chi connectivity index (χ0) is 21.7. The van der Waals surface area contributed by atoms with Crippen molar-refractivity contribution in [1.82, 2.24) is 0 Å². The minimum Gasteiger partial charge on any atom is -0.374 e. The number of para-hydroxylation sites is 1. The van der Waals surface area contributed by atoms with E-state index in [0.717, 1.165) is 19.6 Å². The smallest absolute Gasteiger partial charge is 0.106 e. The van der Waals surface area contributed by atoms with Crippen LogP contribution in [-0.2, 0) is 16.0 Å². The molecular formula is C29H29NO2. The summed E-state index contributed by atoms with van der Waals surface area (Å²) in [5.74, 6) is 0.485. The van der Waals surface area contributed by atoms with Crippen molar-refractivity contribution < 1.29 is 9.47 Å². The van der Waals surface area contributed by atoms with Gasteiger partial charge in [0.15, 0.2) is 0 Å². The predicted octanol–water partition coefficient (Wildman–Crippen LogP) is 5.94. The fraction of sp³-hybridized carbons (Fsp3) is 0.310. The molecule has 0 saturated carbocycles. The molecule has 0 N–H and O–H groups in total. The number of benzene rings is 3. The Bertz CT molecular complexity index is 1150. The molecule has 0 amide bonds. The lowest BCUT2D eigenvalue weighted by atomic mass is 9.68. The van der Waals surface area contributed by atoms with Crippen molar-refractivity contribution >= 4 is 11.3 Å². The Kier molecular flexibility index (Phi) is 4.89. The quantitative estimate of drug-likeness (QED) is 0.518. The predicted molar refractivity (Wildman–Crippen MR) is 129 cm³/mol. The van der Waals surface area contributed by atoms with Crippen LogP contribution in [0.5, 0.6) is 0 Å². The first-order valence-corrected chi connectivity index (χ1v) is 11.6. The molecule has 0 unspecified atom stereocenters. The lowest BCUT2D eigenvalue weighted by Crippen LogP contribution is -2.44. The van der Waals surface area contributed by atoms with Crippen LogP contribution in [0.1, 0.15) is 34.7 Å². The number of nitrogens with zero attached hydrogens (tertiary/aromatic N) is 1. The Morgan fingerprint density at radius 3 is 2.47 bits per heavy atom. The van der Waals surface area contributed by atoms with E-state index < -0.39 is 0 Å². The first-order chi connectivity index (χ1) is 15.8. The third kappa shape index (κ3) is 3.03. The monoisotopic (exact) mass is 423 g/mol. The standard InChI is InChI=1S/C29H29NO2/c1-19-12-14-21(15-13-19)27-29(31-2)26-25(23-16-17-32-28(23)26)22-10-6-7-11-24(22)30(27)18-20-8-4-3-5-9-20/h3-15,23,27-29H,16-18H2,1-2H3/t23-,27-,28-,29-/m1/s1. The average molecular weight is 424 g/mol. The maximum absolute atomic E-state index is 6.33. The second-order valence-electron chi connectivity index (χ2n) is 9.20. The van der Waals surface area contributed by atoms with Crippen molar-refractivity contribution in [3.05, 3.63) is 107 Å². The molecule has 4 atom stereocenters. The van der Waals surface area contributed by atoms with Crippen LogP contribution >= 0.6 is 0 Å². The number of hydrogen-bond donors (Lipinski definition) is 0. The number of ether oxygens (including phenoxy) is 2. The Balaban J connectivity index is 1.57. The van der Waals surface area contributed by atoms with Gasteiger partial charge in [-0.2, -0.15) is 0 Å². The normalized spacial score (nSPS) is 26.1. The van der Waals surface area contributed by atoms with Gasteiger partial charge in [0.25, 0.3) is 0 Å². The number of aryl methyl sites for hydroxylation is 1. The molecule has 2 aliphatic heterocycles. The van der Waals surface area contributed by atoms with Gasteiger partial charge < -0.3 is 14.4 Å². The summed E-state index contributed by atoms with van der Waals surface area (Å²) in [6.45, 7) is 3.81. The maximum atomic E-state index is 6.33. The van der Waals surface area contributed by atoms with E-state index in [1.54, 1.807) is 0 Å². The van der Waals surface area contributed by atoms with Crippen LogP contribution in [0.3, 0.4) is 0 Å². The van der Waals surface area contributed by atoms with E-state index in [0.29, 0.717) is 5.92 Å². The third-order valence-corrected chi connectivity index (χ3v) is 7.38. The molecule has 2 heterocycles. The summed E-state index contributed by atoms with van der Waals surface area (Å²) in [6, 6.07) is 28.7. The zero-order valence-electron chi connectivity index (χ0n) is 18.7. The Morgan fingerprint density at radius 2 is 1.69 bits per heavy atom. The van der Waals surface area contributed by atoms with Crippen LogP contribution in [0.25, 0.3) is 5.57 Å². The van der Waals surface area contributed by atoms with Crippen molar-refractivity contribution in [3.8, 4) is 0 Å². The lowest BCUT2D eigenvalue weighted by Gasteiger charge is -2.42. The maximum Gasteiger partial charge on any atom is 0.106 e. The number of anilines is 1. The van der Waals surface area contributed by atoms with E-state index in [1.165, 1.54) is 39.1 Å². The molecule has 0 bridgehead atoms. The van der Waals surface area contributed by atoms with Gasteiger partial charge in [0.05, 0.1) is 12.1 Å². The molecule has 3 aliphatic rings. The first-order valence-electron chi connectivity index (χ1n) is 11.6. The average Bonchev–Trinajstić information content (AvgIpc) is 3.19. The molecule has 162 valence electrons. The van der Waals surface area contributed by atoms with Crippen molar-refractivity contribution in [2.45, 2.75) is 38.1 Å². The van der Waals surface area contributed by atoms with Crippen LogP contribution in [0.4, 0.5) is 5.69 Å². The second kappa shape index (κ2) is 7.91. The van der Waals surface area contributed by atoms with Gasteiger partial charge in [0, 0.05) is 37.4 Å². The summed E-state index contributed by atoms with van der Waals surface area (Å²) in [6.07, 6.45) is 1.23. The summed E-state index contributed by atoms with van der Waals surface area (Å²) in [5.41, 5.74) is 9.31. The van der Waals surface area contributed by atoms with E-state index in [2.05, 4.69) is 90.7 Å². The second-order valence-corrected chi connectivity index (χ2v) is 9.20. The van der Waals surface area contributed by atoms with Crippen molar-refractivity contribution in [1.29, 1.82) is 0 Å². The van der Waals surface area contributed by atoms with Gasteiger partial charge in [-0.25, -0.2) is 0 Å². The Morgan fingerprint density at radius 1 is 0.938 bits per heavy atom. The van der Waals surface area contributed by atoms with Gasteiger partial charge >= 0.3 is 0 Å². The summed E-state index contributed by atoms with van der Waals surface area (Å²) >= 11 is 0. The molecule has 3 nitrogen and oxygen atoms in total. The molecule has 0 radical (unpaired) electrons. The molecule has 3 aromatic carbocycles. The molecule has 0 aromatic heterocycles. The van der Waals surface area contributed by atoms with Crippen LogP contribution in [-0.4, -0.2) is 25.9 Å². The van der Waals surface area contributed by atoms with Gasteiger partial charge in [0.2, 0.25) is 0 Å². The zero-order valence-corrected chi connectivity index (χ0v) is 18.7. The van der Waals surface area contributed by atoms with Crippen molar-refractivity contribution in [3.63, 3.8) is 0 Å². The molecule has 6 rings (SSSR count). The summed E-state index contributed by atoms with van der Waals surface area (Å²) in [5, 5.41) is 0. The highest BCUT2D eigenvalue weighted by Gasteiger charge is 2.53. The Labute approximate surface area is 190 Å². The van der Waals surface area contributed by atoms with Crippen LogP contribution in [0.2, 0.25) is 0 Å². The third-order valence-electron chi connectivity index (χ3n) is 7.38. The van der Waals surface area contributed by atoms with Crippen LogP contribution in [0, 0.1) is 12.8 Å². The molecule has 1 aliphatic carbocycles. The van der Waals surface area contributed by atoms with Gasteiger partial charge in [-0.3, -0.25) is 0 Å². The first kappa shape index (κ1) is 19.8. The molecule has 1 fully saturated rings. The fourth-order valence-corrected chi connectivity index (χ4v) is 5.91. The van der Waals surface area contributed by atoms with Crippen molar-refractivity contribution in [2.75, 3.05) is 18.6 Å². The van der Waals surface area contributed by atoms with Gasteiger partial charge in [0.1, 0.15) is 6.10 Å². The number of fused-ring (bicyclic) bond motifs is 5. The highest BCUT2D eigenvalue weighted by atomic mass is 16.5. The number of rotatable bonds is 4. The van der Waals surface area contributed by atoms with E-state index in [4.69, 9.17) is 9.47 Å².